The van der Waals surface area contributed by atoms with Crippen molar-refractivity contribution in [2.24, 2.45) is 0 Å². The van der Waals surface area contributed by atoms with Gasteiger partial charge in [-0.25, -0.2) is 4.79 Å². The summed E-state index contributed by atoms with van der Waals surface area (Å²) in [5.41, 5.74) is -0.469. The second kappa shape index (κ2) is 7.25. The molecule has 0 spiro atoms. The zero-order chi connectivity index (χ0) is 17.0. The Labute approximate surface area is 146 Å². The molecular weight excluding hydrogens is 382 g/mol. The van der Waals surface area contributed by atoms with Crippen molar-refractivity contribution in [3.05, 3.63) is 45.7 Å². The van der Waals surface area contributed by atoms with E-state index < -0.39 is 17.4 Å². The van der Waals surface area contributed by atoms with Gasteiger partial charge in [-0.05, 0) is 36.8 Å². The van der Waals surface area contributed by atoms with Gasteiger partial charge in [0.1, 0.15) is 0 Å². The number of aliphatic carboxylic acids is 1. The number of hydrogen-bond donors (Lipinski definition) is 2. The molecule has 0 saturated carbocycles. The van der Waals surface area contributed by atoms with Crippen LogP contribution in [-0.4, -0.2) is 36.2 Å². The van der Waals surface area contributed by atoms with Crippen LogP contribution in [0.5, 0.6) is 0 Å². The van der Waals surface area contributed by atoms with Crippen LogP contribution in [0.25, 0.3) is 10.4 Å². The molecule has 1 atom stereocenters. The highest BCUT2D eigenvalue weighted by Crippen LogP contribution is 2.29. The first-order valence-corrected chi connectivity index (χ1v) is 8.37. The third-order valence-electron chi connectivity index (χ3n) is 3.25. The van der Waals surface area contributed by atoms with Crippen molar-refractivity contribution < 1.29 is 19.4 Å². The van der Waals surface area contributed by atoms with E-state index >= 15 is 0 Å². The summed E-state index contributed by atoms with van der Waals surface area (Å²) in [4.78, 5) is 25.0. The third kappa shape index (κ3) is 4.19. The lowest BCUT2D eigenvalue weighted by Crippen LogP contribution is -2.55. The molecule has 1 heterocycles. The van der Waals surface area contributed by atoms with Crippen molar-refractivity contribution >= 4 is 39.1 Å². The van der Waals surface area contributed by atoms with E-state index in [-0.39, 0.29) is 6.61 Å². The van der Waals surface area contributed by atoms with Crippen molar-refractivity contribution in [2.75, 3.05) is 13.7 Å². The maximum absolute atomic E-state index is 12.3. The number of benzene rings is 1. The predicted molar refractivity (Wildman–Crippen MR) is 92.8 cm³/mol. The Morgan fingerprint density at radius 2 is 1.91 bits per heavy atom. The molecule has 5 nitrogen and oxygen atoms in total. The van der Waals surface area contributed by atoms with E-state index in [9.17, 15) is 14.7 Å². The first-order chi connectivity index (χ1) is 10.9. The topological polar surface area (TPSA) is 75.6 Å². The fraction of sp³-hybridized carbons (Fsp3) is 0.250. The highest BCUT2D eigenvalue weighted by molar-refractivity contribution is 9.10. The molecule has 1 aromatic heterocycles. The molecule has 0 radical (unpaired) electrons. The van der Waals surface area contributed by atoms with Crippen LogP contribution in [0.1, 0.15) is 16.6 Å². The van der Waals surface area contributed by atoms with Crippen LogP contribution in [0.4, 0.5) is 0 Å². The lowest BCUT2D eigenvalue weighted by Gasteiger charge is -2.24. The molecule has 2 N–H and O–H groups in total. The third-order valence-corrected chi connectivity index (χ3v) is 4.91. The standard InChI is InChI=1S/C16H16BrNO4S/c1-16(9-22-2,15(20)21)18-14(19)13-8-7-12(23-13)10-3-5-11(17)6-4-10/h3-8H,9H2,1-2H3,(H,18,19)(H,20,21). The first-order valence-electron chi connectivity index (χ1n) is 6.76. The van der Waals surface area contributed by atoms with Crippen LogP contribution in [0.2, 0.25) is 0 Å². The highest BCUT2D eigenvalue weighted by atomic mass is 79.9. The van der Waals surface area contributed by atoms with Crippen LogP contribution in [0.15, 0.2) is 40.9 Å². The van der Waals surface area contributed by atoms with Gasteiger partial charge in [-0.2, -0.15) is 0 Å². The summed E-state index contributed by atoms with van der Waals surface area (Å²) in [6.45, 7) is 1.30. The Kier molecular flexibility index (Phi) is 5.56. The summed E-state index contributed by atoms with van der Waals surface area (Å²) < 4.78 is 5.87. The number of amides is 1. The van der Waals surface area contributed by atoms with Crippen LogP contribution in [0, 0.1) is 0 Å². The summed E-state index contributed by atoms with van der Waals surface area (Å²) in [6.07, 6.45) is 0. The van der Waals surface area contributed by atoms with Crippen molar-refractivity contribution in [3.8, 4) is 10.4 Å². The zero-order valence-corrected chi connectivity index (χ0v) is 15.0. The molecule has 23 heavy (non-hydrogen) atoms. The highest BCUT2D eigenvalue weighted by Gasteiger charge is 2.35. The van der Waals surface area contributed by atoms with Gasteiger partial charge in [0, 0.05) is 16.5 Å². The number of thiophene rings is 1. The predicted octanol–water partition coefficient (Wildman–Crippen LogP) is 3.40. The normalized spacial score (nSPS) is 13.3. The number of carbonyl (C=O) groups is 2. The lowest BCUT2D eigenvalue weighted by atomic mass is 10.0. The molecule has 0 fully saturated rings. The summed E-state index contributed by atoms with van der Waals surface area (Å²) in [7, 11) is 1.39. The van der Waals surface area contributed by atoms with E-state index in [4.69, 9.17) is 4.74 Å². The number of carboxylic acids is 1. The number of rotatable bonds is 6. The number of carbonyl (C=O) groups excluding carboxylic acids is 1. The van der Waals surface area contributed by atoms with Crippen LogP contribution in [-0.2, 0) is 9.53 Å². The number of nitrogens with one attached hydrogen (secondary N) is 1. The molecule has 1 unspecified atom stereocenters. The summed E-state index contributed by atoms with van der Waals surface area (Å²) in [6, 6.07) is 11.3. The van der Waals surface area contributed by atoms with Crippen molar-refractivity contribution in [3.63, 3.8) is 0 Å². The van der Waals surface area contributed by atoms with Gasteiger partial charge in [0.25, 0.3) is 5.91 Å². The fourth-order valence-electron chi connectivity index (χ4n) is 1.98. The maximum Gasteiger partial charge on any atom is 0.331 e. The smallest absolute Gasteiger partial charge is 0.331 e. The molecule has 1 aromatic carbocycles. The van der Waals surface area contributed by atoms with E-state index in [1.165, 1.54) is 25.4 Å². The Morgan fingerprint density at radius 1 is 1.26 bits per heavy atom. The van der Waals surface area contributed by atoms with Crippen LogP contribution < -0.4 is 5.32 Å². The van der Waals surface area contributed by atoms with Gasteiger partial charge in [0.15, 0.2) is 5.54 Å². The minimum Gasteiger partial charge on any atom is -0.479 e. The van der Waals surface area contributed by atoms with Crippen LogP contribution >= 0.6 is 27.3 Å². The molecule has 7 heteroatoms. The second-order valence-electron chi connectivity index (χ2n) is 5.20. The monoisotopic (exact) mass is 397 g/mol. The number of methoxy groups -OCH3 is 1. The Morgan fingerprint density at radius 3 is 2.48 bits per heavy atom. The zero-order valence-electron chi connectivity index (χ0n) is 12.6. The SMILES string of the molecule is COCC(C)(NC(=O)c1ccc(-c2ccc(Br)cc2)s1)C(=O)O. The summed E-state index contributed by atoms with van der Waals surface area (Å²) >= 11 is 4.69. The van der Waals surface area contributed by atoms with E-state index in [0.717, 1.165) is 14.9 Å². The average Bonchev–Trinajstić information content (AvgIpc) is 2.98. The van der Waals surface area contributed by atoms with Gasteiger partial charge in [0.2, 0.25) is 0 Å². The second-order valence-corrected chi connectivity index (χ2v) is 7.19. The van der Waals surface area contributed by atoms with Gasteiger partial charge in [0.05, 0.1) is 11.5 Å². The van der Waals surface area contributed by atoms with Gasteiger partial charge >= 0.3 is 5.97 Å². The van der Waals surface area contributed by atoms with E-state index in [0.29, 0.717) is 4.88 Å². The lowest BCUT2D eigenvalue weighted by molar-refractivity contribution is -0.145. The molecule has 2 rings (SSSR count). The largest absolute Gasteiger partial charge is 0.479 e. The van der Waals surface area contributed by atoms with Crippen LogP contribution in [0.3, 0.4) is 0 Å². The van der Waals surface area contributed by atoms with Gasteiger partial charge in [-0.1, -0.05) is 28.1 Å². The number of carboxylic acid groups (broad SMARTS) is 1. The van der Waals surface area contributed by atoms with Crippen molar-refractivity contribution in [1.82, 2.24) is 5.32 Å². The summed E-state index contributed by atoms with van der Waals surface area (Å²) in [5.74, 6) is -1.57. The van der Waals surface area contributed by atoms with Gasteiger partial charge in [-0.15, -0.1) is 11.3 Å². The summed E-state index contributed by atoms with van der Waals surface area (Å²) in [5, 5.41) is 11.8. The molecule has 122 valence electrons. The molecular formula is C16H16BrNO4S. The Balaban J connectivity index is 2.18. The minimum absolute atomic E-state index is 0.112. The molecule has 0 aliphatic rings. The molecule has 0 saturated heterocycles. The van der Waals surface area contributed by atoms with E-state index in [1.54, 1.807) is 6.07 Å². The van der Waals surface area contributed by atoms with E-state index in [2.05, 4.69) is 21.2 Å². The maximum atomic E-state index is 12.3. The number of hydrogen-bond acceptors (Lipinski definition) is 4. The van der Waals surface area contributed by atoms with Gasteiger partial charge in [-0.3, -0.25) is 4.79 Å². The minimum atomic E-state index is -1.46. The van der Waals surface area contributed by atoms with E-state index in [1.807, 2.05) is 30.3 Å². The molecule has 0 aliphatic heterocycles. The Hall–Kier alpha value is -1.70. The quantitative estimate of drug-likeness (QED) is 0.782. The molecule has 2 aromatic rings. The van der Waals surface area contributed by atoms with Gasteiger partial charge < -0.3 is 15.2 Å². The molecule has 0 bridgehead atoms. The number of ether oxygens (including phenoxy) is 1. The molecule has 0 aliphatic carbocycles. The molecule has 1 amide bonds. The first kappa shape index (κ1) is 17.7. The number of halogens is 1. The average molecular weight is 398 g/mol. The Bertz CT molecular complexity index is 713. The van der Waals surface area contributed by atoms with Crippen molar-refractivity contribution in [1.29, 1.82) is 0 Å². The fourth-order valence-corrected chi connectivity index (χ4v) is 3.15. The van der Waals surface area contributed by atoms with Crippen molar-refractivity contribution in [2.45, 2.75) is 12.5 Å².